The first-order valence-corrected chi connectivity index (χ1v) is 8.07. The molecule has 2 aliphatic rings. The first-order valence-electron chi connectivity index (χ1n) is 7.69. The number of para-hydroxylation sites is 1. The molecular weight excluding hydrogens is 294 g/mol. The van der Waals surface area contributed by atoms with Crippen LogP contribution in [0.3, 0.4) is 0 Å². The van der Waals surface area contributed by atoms with Crippen molar-refractivity contribution in [1.29, 1.82) is 0 Å². The predicted octanol–water partition coefficient (Wildman–Crippen LogP) is 4.53. The highest BCUT2D eigenvalue weighted by Crippen LogP contribution is 2.72. The van der Waals surface area contributed by atoms with Crippen LogP contribution in [0.5, 0.6) is 0 Å². The molecule has 1 aliphatic heterocycles. The Kier molecular flexibility index (Phi) is 2.74. The highest BCUT2D eigenvalue weighted by atomic mass is 35.5. The maximum absolute atomic E-state index is 12.8. The number of halogens is 1. The predicted molar refractivity (Wildman–Crippen MR) is 89.3 cm³/mol. The number of hydrogen-bond donors (Lipinski definition) is 1. The Bertz CT molecular complexity index is 767. The van der Waals surface area contributed by atoms with E-state index in [1.807, 2.05) is 30.3 Å². The number of anilines is 1. The van der Waals surface area contributed by atoms with Crippen molar-refractivity contribution in [3.8, 4) is 0 Å². The fraction of sp³-hybridized carbons (Fsp3) is 0.316. The highest BCUT2D eigenvalue weighted by molar-refractivity contribution is 6.30. The Hall–Kier alpha value is -1.80. The van der Waals surface area contributed by atoms with E-state index in [0.29, 0.717) is 5.92 Å². The Balaban J connectivity index is 1.91. The van der Waals surface area contributed by atoms with E-state index in [2.05, 4.69) is 37.4 Å². The van der Waals surface area contributed by atoms with Gasteiger partial charge in [0.1, 0.15) is 0 Å². The number of rotatable bonds is 2. The lowest BCUT2D eigenvalue weighted by atomic mass is 9.75. The first kappa shape index (κ1) is 13.8. The summed E-state index contributed by atoms with van der Waals surface area (Å²) in [4.78, 5) is 12.8. The zero-order valence-electron chi connectivity index (χ0n) is 12.7. The van der Waals surface area contributed by atoms with Crippen LogP contribution in [0, 0.1) is 5.92 Å². The van der Waals surface area contributed by atoms with Gasteiger partial charge in [-0.1, -0.05) is 55.8 Å². The number of carbonyl (C=O) groups excluding carboxylic acids is 1. The summed E-state index contributed by atoms with van der Waals surface area (Å²) in [5, 5.41) is 3.81. The zero-order valence-corrected chi connectivity index (χ0v) is 13.4. The molecule has 2 aromatic rings. The minimum absolute atomic E-state index is 0.136. The van der Waals surface area contributed by atoms with Gasteiger partial charge >= 0.3 is 0 Å². The van der Waals surface area contributed by atoms with Crippen LogP contribution >= 0.6 is 11.6 Å². The van der Waals surface area contributed by atoms with Crippen molar-refractivity contribution >= 4 is 23.2 Å². The van der Waals surface area contributed by atoms with Crippen LogP contribution in [0.4, 0.5) is 5.69 Å². The highest BCUT2D eigenvalue weighted by Gasteiger charge is 2.76. The lowest BCUT2D eigenvalue weighted by molar-refractivity contribution is -0.118. The normalized spacial score (nSPS) is 28.8. The average Bonchev–Trinajstić information content (AvgIpc) is 3.13. The number of fused-ring (bicyclic) bond motifs is 2. The Morgan fingerprint density at radius 1 is 1.09 bits per heavy atom. The molecule has 0 radical (unpaired) electrons. The molecule has 3 heteroatoms. The van der Waals surface area contributed by atoms with Gasteiger partial charge in [0.15, 0.2) is 0 Å². The topological polar surface area (TPSA) is 29.1 Å². The third kappa shape index (κ3) is 1.49. The molecule has 0 saturated heterocycles. The molecule has 2 atom stereocenters. The quantitative estimate of drug-likeness (QED) is 0.867. The van der Waals surface area contributed by atoms with Gasteiger partial charge in [0.25, 0.3) is 0 Å². The number of benzene rings is 2. The largest absolute Gasteiger partial charge is 0.325 e. The minimum atomic E-state index is -0.425. The smallest absolute Gasteiger partial charge is 0.236 e. The van der Waals surface area contributed by atoms with Crippen LogP contribution in [0.2, 0.25) is 5.02 Å². The van der Waals surface area contributed by atoms with Gasteiger partial charge in [-0.05, 0) is 41.7 Å². The Morgan fingerprint density at radius 2 is 1.77 bits per heavy atom. The standard InChI is InChI=1S/C19H18ClNO/c1-12(2)18(13-7-9-14(20)10-8-13)11-19(18)15-5-3-4-6-16(15)21-17(19)22/h3-10,12H,11H2,1-2H3,(H,21,22)/t18-,19-/m0/s1. The van der Waals surface area contributed by atoms with Crippen LogP contribution in [0.15, 0.2) is 48.5 Å². The van der Waals surface area contributed by atoms with E-state index in [0.717, 1.165) is 22.7 Å². The van der Waals surface area contributed by atoms with Crippen molar-refractivity contribution in [2.75, 3.05) is 5.32 Å². The van der Waals surface area contributed by atoms with E-state index in [1.165, 1.54) is 5.56 Å². The summed E-state index contributed by atoms with van der Waals surface area (Å²) >= 11 is 6.04. The molecule has 112 valence electrons. The third-order valence-electron chi connectivity index (χ3n) is 5.55. The van der Waals surface area contributed by atoms with Crippen molar-refractivity contribution in [3.05, 3.63) is 64.7 Å². The molecule has 1 heterocycles. The summed E-state index contributed by atoms with van der Waals surface area (Å²) in [6.45, 7) is 4.41. The maximum atomic E-state index is 12.8. The third-order valence-corrected chi connectivity index (χ3v) is 5.80. The van der Waals surface area contributed by atoms with Crippen LogP contribution in [0.25, 0.3) is 0 Å². The van der Waals surface area contributed by atoms with Crippen LogP contribution in [0.1, 0.15) is 31.4 Å². The fourth-order valence-electron chi connectivity index (χ4n) is 4.43. The van der Waals surface area contributed by atoms with Gasteiger partial charge < -0.3 is 5.32 Å². The maximum Gasteiger partial charge on any atom is 0.236 e. The average molecular weight is 312 g/mol. The zero-order chi connectivity index (χ0) is 15.5. The van der Waals surface area contributed by atoms with Crippen molar-refractivity contribution in [3.63, 3.8) is 0 Å². The molecule has 1 amide bonds. The van der Waals surface area contributed by atoms with Gasteiger partial charge in [0, 0.05) is 16.1 Å². The van der Waals surface area contributed by atoms with Crippen LogP contribution in [-0.4, -0.2) is 5.91 Å². The summed E-state index contributed by atoms with van der Waals surface area (Å²) < 4.78 is 0. The van der Waals surface area contributed by atoms with Crippen molar-refractivity contribution in [1.82, 2.24) is 0 Å². The fourth-order valence-corrected chi connectivity index (χ4v) is 4.56. The lowest BCUT2D eigenvalue weighted by Gasteiger charge is -2.26. The molecule has 0 bridgehead atoms. The Labute approximate surface area is 135 Å². The molecule has 2 aromatic carbocycles. The van der Waals surface area contributed by atoms with E-state index in [-0.39, 0.29) is 11.3 Å². The molecule has 22 heavy (non-hydrogen) atoms. The summed E-state index contributed by atoms with van der Waals surface area (Å²) in [6.07, 6.45) is 0.863. The van der Waals surface area contributed by atoms with Gasteiger partial charge in [-0.25, -0.2) is 0 Å². The lowest BCUT2D eigenvalue weighted by Crippen LogP contribution is -2.33. The van der Waals surface area contributed by atoms with Crippen molar-refractivity contribution < 1.29 is 4.79 Å². The number of hydrogen-bond acceptors (Lipinski definition) is 1. The molecule has 1 aliphatic carbocycles. The number of amides is 1. The number of nitrogens with one attached hydrogen (secondary N) is 1. The molecule has 2 nitrogen and oxygen atoms in total. The molecule has 1 saturated carbocycles. The van der Waals surface area contributed by atoms with Gasteiger partial charge in [0.05, 0.1) is 5.41 Å². The SMILES string of the molecule is CC(C)[C@]1(c2ccc(Cl)cc2)C[C@]12C(=O)Nc1ccccc12. The molecule has 0 aromatic heterocycles. The van der Waals surface area contributed by atoms with E-state index in [9.17, 15) is 4.79 Å². The van der Waals surface area contributed by atoms with Gasteiger partial charge in [-0.15, -0.1) is 0 Å². The van der Waals surface area contributed by atoms with E-state index in [4.69, 9.17) is 11.6 Å². The second-order valence-corrected chi connectivity index (χ2v) is 7.15. The van der Waals surface area contributed by atoms with Gasteiger partial charge in [0.2, 0.25) is 5.91 Å². The monoisotopic (exact) mass is 311 g/mol. The van der Waals surface area contributed by atoms with Gasteiger partial charge in [-0.3, -0.25) is 4.79 Å². The second-order valence-electron chi connectivity index (χ2n) is 6.71. The molecule has 0 unspecified atom stereocenters. The summed E-state index contributed by atoms with van der Waals surface area (Å²) in [5.41, 5.74) is 2.74. The Morgan fingerprint density at radius 3 is 2.45 bits per heavy atom. The van der Waals surface area contributed by atoms with E-state index in [1.54, 1.807) is 0 Å². The summed E-state index contributed by atoms with van der Waals surface area (Å²) in [6, 6.07) is 16.1. The molecule has 1 spiro atoms. The minimum Gasteiger partial charge on any atom is -0.325 e. The van der Waals surface area contributed by atoms with Crippen LogP contribution in [-0.2, 0) is 15.6 Å². The molecular formula is C19H18ClNO. The second kappa shape index (κ2) is 4.36. The summed E-state index contributed by atoms with van der Waals surface area (Å²) in [5.74, 6) is 0.503. The molecule has 1 N–H and O–H groups in total. The van der Waals surface area contributed by atoms with Gasteiger partial charge in [-0.2, -0.15) is 0 Å². The van der Waals surface area contributed by atoms with Crippen molar-refractivity contribution in [2.45, 2.75) is 31.1 Å². The van der Waals surface area contributed by atoms with Crippen LogP contribution < -0.4 is 5.32 Å². The first-order chi connectivity index (χ1) is 10.5. The van der Waals surface area contributed by atoms with E-state index < -0.39 is 5.41 Å². The molecule has 4 rings (SSSR count). The van der Waals surface area contributed by atoms with E-state index >= 15 is 0 Å². The summed E-state index contributed by atoms with van der Waals surface area (Å²) in [7, 11) is 0. The number of carbonyl (C=O) groups is 1. The van der Waals surface area contributed by atoms with Crippen molar-refractivity contribution in [2.24, 2.45) is 5.92 Å². The molecule has 1 fully saturated rings.